The van der Waals surface area contributed by atoms with Crippen molar-refractivity contribution in [2.75, 3.05) is 20.2 Å². The third-order valence-electron chi connectivity index (χ3n) is 5.75. The Bertz CT molecular complexity index is 851. The van der Waals surface area contributed by atoms with Crippen LogP contribution in [-0.4, -0.2) is 31.0 Å². The molecule has 28 heavy (non-hydrogen) atoms. The monoisotopic (exact) mass is 381 g/mol. The van der Waals surface area contributed by atoms with E-state index in [1.165, 1.54) is 11.1 Å². The van der Waals surface area contributed by atoms with E-state index in [0.717, 1.165) is 48.6 Å². The Balaban J connectivity index is 1.79. The van der Waals surface area contributed by atoms with Gasteiger partial charge in [0.1, 0.15) is 18.1 Å². The zero-order valence-electron chi connectivity index (χ0n) is 17.7. The minimum absolute atomic E-state index is 0.0957. The number of ether oxygens (including phenoxy) is 2. The second-order valence-electron chi connectivity index (χ2n) is 7.99. The maximum Gasteiger partial charge on any atom is 0.253 e. The number of nitrogens with zero attached hydrogens (tertiary/aromatic N) is 1. The minimum Gasteiger partial charge on any atom is -0.496 e. The number of rotatable bonds is 5. The van der Waals surface area contributed by atoms with Crippen molar-refractivity contribution in [1.82, 2.24) is 4.90 Å². The number of hydrogen-bond donors (Lipinski definition) is 0. The number of piperidine rings is 1. The summed E-state index contributed by atoms with van der Waals surface area (Å²) in [6, 6.07) is 9.84. The standard InChI is InChI=1S/C24H31NO3/c1-16-8-10-25(11-9-16)24(26)20-6-7-22(27-5)21(14-20)15-28-23-13-17(2)12-18(3)19(23)4/h6-7,12-14,16H,8-11,15H2,1-5H3. The molecule has 1 fully saturated rings. The summed E-state index contributed by atoms with van der Waals surface area (Å²) in [4.78, 5) is 14.9. The van der Waals surface area contributed by atoms with Gasteiger partial charge in [0.25, 0.3) is 5.91 Å². The van der Waals surface area contributed by atoms with Crippen LogP contribution in [0.5, 0.6) is 11.5 Å². The summed E-state index contributed by atoms with van der Waals surface area (Å²) in [5.74, 6) is 2.41. The average Bonchev–Trinajstić information content (AvgIpc) is 2.69. The molecule has 0 spiro atoms. The fourth-order valence-electron chi connectivity index (χ4n) is 3.72. The van der Waals surface area contributed by atoms with Crippen LogP contribution in [0.4, 0.5) is 0 Å². The predicted octanol–water partition coefficient (Wildman–Crippen LogP) is 5.07. The number of methoxy groups -OCH3 is 1. The largest absolute Gasteiger partial charge is 0.496 e. The number of hydrogen-bond acceptors (Lipinski definition) is 3. The van der Waals surface area contributed by atoms with Crippen molar-refractivity contribution in [3.63, 3.8) is 0 Å². The first kappa shape index (κ1) is 20.2. The molecule has 150 valence electrons. The van der Waals surface area contributed by atoms with E-state index < -0.39 is 0 Å². The molecule has 0 aliphatic carbocycles. The van der Waals surface area contributed by atoms with E-state index in [2.05, 4.69) is 39.8 Å². The molecule has 0 radical (unpaired) electrons. The van der Waals surface area contributed by atoms with E-state index in [9.17, 15) is 4.79 Å². The molecule has 0 atom stereocenters. The number of carbonyl (C=O) groups excluding carboxylic acids is 1. The minimum atomic E-state index is 0.0957. The van der Waals surface area contributed by atoms with Gasteiger partial charge >= 0.3 is 0 Å². The Morgan fingerprint density at radius 1 is 1.07 bits per heavy atom. The van der Waals surface area contributed by atoms with E-state index in [0.29, 0.717) is 18.1 Å². The number of amides is 1. The Hall–Kier alpha value is -2.49. The van der Waals surface area contributed by atoms with Crippen molar-refractivity contribution in [3.8, 4) is 11.5 Å². The third-order valence-corrected chi connectivity index (χ3v) is 5.75. The van der Waals surface area contributed by atoms with Gasteiger partial charge < -0.3 is 14.4 Å². The molecule has 4 nitrogen and oxygen atoms in total. The summed E-state index contributed by atoms with van der Waals surface area (Å²) < 4.78 is 11.6. The highest BCUT2D eigenvalue weighted by Gasteiger charge is 2.22. The molecule has 0 N–H and O–H groups in total. The lowest BCUT2D eigenvalue weighted by Gasteiger charge is -2.30. The zero-order chi connectivity index (χ0) is 20.3. The summed E-state index contributed by atoms with van der Waals surface area (Å²) in [5.41, 5.74) is 5.11. The highest BCUT2D eigenvalue weighted by molar-refractivity contribution is 5.94. The molecule has 0 unspecified atom stereocenters. The van der Waals surface area contributed by atoms with Crippen molar-refractivity contribution < 1.29 is 14.3 Å². The second kappa shape index (κ2) is 8.68. The summed E-state index contributed by atoms with van der Waals surface area (Å²) >= 11 is 0. The van der Waals surface area contributed by atoms with Crippen LogP contribution in [0.25, 0.3) is 0 Å². The first-order valence-corrected chi connectivity index (χ1v) is 10.1. The molecule has 0 bridgehead atoms. The van der Waals surface area contributed by atoms with Crippen LogP contribution in [0.3, 0.4) is 0 Å². The summed E-state index contributed by atoms with van der Waals surface area (Å²) in [6.45, 7) is 10.5. The van der Waals surface area contributed by atoms with Crippen molar-refractivity contribution in [2.45, 2.75) is 47.1 Å². The van der Waals surface area contributed by atoms with Gasteiger partial charge in [-0.05, 0) is 80.5 Å². The highest BCUT2D eigenvalue weighted by Crippen LogP contribution is 2.27. The van der Waals surface area contributed by atoms with E-state index in [-0.39, 0.29) is 5.91 Å². The quantitative estimate of drug-likeness (QED) is 0.726. The maximum absolute atomic E-state index is 12.9. The summed E-state index contributed by atoms with van der Waals surface area (Å²) in [5, 5.41) is 0. The molecule has 3 rings (SSSR count). The molecule has 4 heteroatoms. The van der Waals surface area contributed by atoms with Crippen molar-refractivity contribution >= 4 is 5.91 Å². The lowest BCUT2D eigenvalue weighted by atomic mass is 9.98. The first-order valence-electron chi connectivity index (χ1n) is 10.1. The molecular formula is C24H31NO3. The van der Waals surface area contributed by atoms with Crippen LogP contribution in [0.2, 0.25) is 0 Å². The number of benzene rings is 2. The maximum atomic E-state index is 12.9. The normalized spacial score (nSPS) is 14.8. The van der Waals surface area contributed by atoms with Crippen LogP contribution >= 0.6 is 0 Å². The van der Waals surface area contributed by atoms with Gasteiger partial charge in [0, 0.05) is 24.2 Å². The fourth-order valence-corrected chi connectivity index (χ4v) is 3.72. The Labute approximate surface area is 168 Å². The van der Waals surface area contributed by atoms with Crippen molar-refractivity contribution in [2.24, 2.45) is 5.92 Å². The van der Waals surface area contributed by atoms with Crippen LogP contribution in [-0.2, 0) is 6.61 Å². The summed E-state index contributed by atoms with van der Waals surface area (Å²) in [6.07, 6.45) is 2.15. The van der Waals surface area contributed by atoms with Gasteiger partial charge in [-0.15, -0.1) is 0 Å². The lowest BCUT2D eigenvalue weighted by Crippen LogP contribution is -2.37. The predicted molar refractivity (Wildman–Crippen MR) is 112 cm³/mol. The molecule has 1 saturated heterocycles. The first-order chi connectivity index (χ1) is 13.4. The molecular weight excluding hydrogens is 350 g/mol. The molecule has 0 saturated carbocycles. The van der Waals surface area contributed by atoms with Gasteiger partial charge in [-0.25, -0.2) is 0 Å². The van der Waals surface area contributed by atoms with E-state index in [4.69, 9.17) is 9.47 Å². The summed E-state index contributed by atoms with van der Waals surface area (Å²) in [7, 11) is 1.65. The highest BCUT2D eigenvalue weighted by atomic mass is 16.5. The van der Waals surface area contributed by atoms with Crippen molar-refractivity contribution in [3.05, 3.63) is 58.1 Å². The molecule has 2 aromatic carbocycles. The Kier molecular flexibility index (Phi) is 6.28. The van der Waals surface area contributed by atoms with Crippen LogP contribution in [0, 0.1) is 26.7 Å². The number of likely N-dealkylation sites (tertiary alicyclic amines) is 1. The SMILES string of the molecule is COc1ccc(C(=O)N2CCC(C)CC2)cc1COc1cc(C)cc(C)c1C. The smallest absolute Gasteiger partial charge is 0.253 e. The average molecular weight is 382 g/mol. The Morgan fingerprint density at radius 2 is 1.79 bits per heavy atom. The molecule has 1 amide bonds. The van der Waals surface area contributed by atoms with Gasteiger partial charge in [0.05, 0.1) is 7.11 Å². The molecule has 1 heterocycles. The van der Waals surface area contributed by atoms with Gasteiger partial charge in [-0.1, -0.05) is 13.0 Å². The molecule has 1 aliphatic heterocycles. The van der Waals surface area contributed by atoms with Crippen molar-refractivity contribution in [1.29, 1.82) is 0 Å². The van der Waals surface area contributed by atoms with E-state index >= 15 is 0 Å². The van der Waals surface area contributed by atoms with Crippen LogP contribution in [0.15, 0.2) is 30.3 Å². The second-order valence-corrected chi connectivity index (χ2v) is 7.99. The third kappa shape index (κ3) is 4.49. The van der Waals surface area contributed by atoms with Gasteiger partial charge in [0.15, 0.2) is 0 Å². The lowest BCUT2D eigenvalue weighted by molar-refractivity contribution is 0.0697. The van der Waals surface area contributed by atoms with Crippen LogP contribution < -0.4 is 9.47 Å². The van der Waals surface area contributed by atoms with Gasteiger partial charge in [-0.2, -0.15) is 0 Å². The van der Waals surface area contributed by atoms with Gasteiger partial charge in [0.2, 0.25) is 0 Å². The number of carbonyl (C=O) groups is 1. The molecule has 1 aliphatic rings. The van der Waals surface area contributed by atoms with E-state index in [1.807, 2.05) is 23.1 Å². The zero-order valence-corrected chi connectivity index (χ0v) is 17.7. The molecule has 2 aromatic rings. The van der Waals surface area contributed by atoms with Crippen LogP contribution in [0.1, 0.15) is 52.4 Å². The number of aryl methyl sites for hydroxylation is 2. The topological polar surface area (TPSA) is 38.8 Å². The van der Waals surface area contributed by atoms with E-state index in [1.54, 1.807) is 7.11 Å². The molecule has 0 aromatic heterocycles. The van der Waals surface area contributed by atoms with Gasteiger partial charge in [-0.3, -0.25) is 4.79 Å². The Morgan fingerprint density at radius 3 is 2.46 bits per heavy atom. The fraction of sp³-hybridized carbons (Fsp3) is 0.458.